The molecule has 0 saturated carbocycles. The third-order valence-corrected chi connectivity index (χ3v) is 3.64. The number of rotatable bonds is 5. The summed E-state index contributed by atoms with van der Waals surface area (Å²) in [5.41, 5.74) is 2.71. The number of carbonyl (C=O) groups is 1. The number of aromatic nitrogens is 1. The largest absolute Gasteiger partial charge is 0.497 e. The Kier molecular flexibility index (Phi) is 5.11. The summed E-state index contributed by atoms with van der Waals surface area (Å²) >= 11 is 0. The van der Waals surface area contributed by atoms with Gasteiger partial charge in [0.25, 0.3) is 5.91 Å². The number of nitrogens with zero attached hydrogens (tertiary/aromatic N) is 2. The van der Waals surface area contributed by atoms with Crippen molar-refractivity contribution in [1.29, 1.82) is 5.26 Å². The first-order valence-corrected chi connectivity index (χ1v) is 7.86. The van der Waals surface area contributed by atoms with E-state index in [2.05, 4.69) is 21.7 Å². The fraction of sp³-hybridized carbons (Fsp3) is 0.0500. The molecule has 0 aliphatic rings. The lowest BCUT2D eigenvalue weighted by molar-refractivity contribution is 0.102. The highest BCUT2D eigenvalue weighted by atomic mass is 16.5. The van der Waals surface area contributed by atoms with Gasteiger partial charge >= 0.3 is 0 Å². The molecule has 1 amide bonds. The van der Waals surface area contributed by atoms with Gasteiger partial charge in [0, 0.05) is 11.3 Å². The number of methoxy groups -OCH3 is 1. The number of anilines is 3. The van der Waals surface area contributed by atoms with Crippen molar-refractivity contribution >= 4 is 23.1 Å². The van der Waals surface area contributed by atoms with Gasteiger partial charge in [0.05, 0.1) is 30.6 Å². The number of hydrogen-bond donors (Lipinski definition) is 2. The molecule has 0 saturated heterocycles. The second-order valence-electron chi connectivity index (χ2n) is 5.43. The maximum absolute atomic E-state index is 12.3. The minimum Gasteiger partial charge on any atom is -0.497 e. The Morgan fingerprint density at radius 2 is 1.85 bits per heavy atom. The second-order valence-corrected chi connectivity index (χ2v) is 5.43. The van der Waals surface area contributed by atoms with E-state index in [1.807, 2.05) is 18.2 Å². The summed E-state index contributed by atoms with van der Waals surface area (Å²) < 4.78 is 5.12. The highest BCUT2D eigenvalue weighted by Crippen LogP contribution is 2.18. The summed E-state index contributed by atoms with van der Waals surface area (Å²) in [6, 6.07) is 19.6. The topological polar surface area (TPSA) is 87.0 Å². The summed E-state index contributed by atoms with van der Waals surface area (Å²) in [6.45, 7) is 0. The molecular weight excluding hydrogens is 328 g/mol. The van der Waals surface area contributed by atoms with Crippen LogP contribution in [0.1, 0.15) is 15.9 Å². The summed E-state index contributed by atoms with van der Waals surface area (Å²) in [5.74, 6) is 0.806. The van der Waals surface area contributed by atoms with Crippen molar-refractivity contribution in [2.24, 2.45) is 0 Å². The van der Waals surface area contributed by atoms with Crippen molar-refractivity contribution in [3.8, 4) is 11.8 Å². The number of hydrogen-bond acceptors (Lipinski definition) is 5. The number of amides is 1. The van der Waals surface area contributed by atoms with Gasteiger partial charge in [-0.15, -0.1) is 0 Å². The van der Waals surface area contributed by atoms with Crippen molar-refractivity contribution in [3.05, 3.63) is 78.0 Å². The second kappa shape index (κ2) is 7.81. The number of nitrogens with one attached hydrogen (secondary N) is 2. The molecule has 6 nitrogen and oxygen atoms in total. The first-order chi connectivity index (χ1) is 12.7. The van der Waals surface area contributed by atoms with Crippen LogP contribution >= 0.6 is 0 Å². The third kappa shape index (κ3) is 4.16. The Morgan fingerprint density at radius 1 is 1.08 bits per heavy atom. The Hall–Kier alpha value is -3.85. The van der Waals surface area contributed by atoms with Crippen molar-refractivity contribution in [1.82, 2.24) is 4.98 Å². The van der Waals surface area contributed by atoms with E-state index >= 15 is 0 Å². The van der Waals surface area contributed by atoms with Gasteiger partial charge in [-0.1, -0.05) is 6.07 Å². The van der Waals surface area contributed by atoms with E-state index in [-0.39, 0.29) is 5.91 Å². The zero-order chi connectivity index (χ0) is 18.4. The molecule has 0 radical (unpaired) electrons. The summed E-state index contributed by atoms with van der Waals surface area (Å²) in [4.78, 5) is 16.5. The highest BCUT2D eigenvalue weighted by Gasteiger charge is 2.08. The first kappa shape index (κ1) is 17.0. The molecule has 26 heavy (non-hydrogen) atoms. The molecule has 128 valence electrons. The minimum atomic E-state index is -0.260. The SMILES string of the molecule is COc1cccc(C(=O)Nc2ccc(Nc3ccc(C#N)cc3)cn2)c1. The molecule has 3 aromatic rings. The molecule has 1 heterocycles. The molecule has 0 spiro atoms. The molecule has 3 rings (SSSR count). The molecule has 6 heteroatoms. The Bertz CT molecular complexity index is 945. The number of benzene rings is 2. The lowest BCUT2D eigenvalue weighted by Gasteiger charge is -2.08. The zero-order valence-corrected chi connectivity index (χ0v) is 14.1. The van der Waals surface area contributed by atoms with Crippen LogP contribution < -0.4 is 15.4 Å². The van der Waals surface area contributed by atoms with Crippen LogP contribution in [0.15, 0.2) is 66.9 Å². The van der Waals surface area contributed by atoms with E-state index in [0.29, 0.717) is 22.7 Å². The van der Waals surface area contributed by atoms with Crippen LogP contribution in [0.2, 0.25) is 0 Å². The van der Waals surface area contributed by atoms with Crippen molar-refractivity contribution < 1.29 is 9.53 Å². The number of carbonyl (C=O) groups excluding carboxylic acids is 1. The van der Waals surface area contributed by atoms with Gasteiger partial charge in [0.2, 0.25) is 0 Å². The van der Waals surface area contributed by atoms with Crippen molar-refractivity contribution in [3.63, 3.8) is 0 Å². The molecule has 0 fully saturated rings. The monoisotopic (exact) mass is 344 g/mol. The zero-order valence-electron chi connectivity index (χ0n) is 14.1. The lowest BCUT2D eigenvalue weighted by Crippen LogP contribution is -2.12. The molecule has 0 bridgehead atoms. The van der Waals surface area contributed by atoms with Gasteiger partial charge in [0.1, 0.15) is 11.6 Å². The number of nitriles is 1. The van der Waals surface area contributed by atoms with E-state index < -0.39 is 0 Å². The smallest absolute Gasteiger partial charge is 0.256 e. The van der Waals surface area contributed by atoms with Gasteiger partial charge in [-0.25, -0.2) is 4.98 Å². The van der Waals surface area contributed by atoms with Crippen LogP contribution in [0, 0.1) is 11.3 Å². The van der Waals surface area contributed by atoms with Crippen molar-refractivity contribution in [2.75, 3.05) is 17.7 Å². The average molecular weight is 344 g/mol. The van der Waals surface area contributed by atoms with Gasteiger partial charge < -0.3 is 15.4 Å². The molecular formula is C20H16N4O2. The Balaban J connectivity index is 1.65. The van der Waals surface area contributed by atoms with Crippen LogP contribution in [0.3, 0.4) is 0 Å². The van der Waals surface area contributed by atoms with Crippen LogP contribution in [0.5, 0.6) is 5.75 Å². The number of pyridine rings is 1. The van der Waals surface area contributed by atoms with Crippen LogP contribution in [-0.4, -0.2) is 18.0 Å². The Morgan fingerprint density at radius 3 is 2.50 bits per heavy atom. The Labute approximate surface area is 151 Å². The van der Waals surface area contributed by atoms with Gasteiger partial charge in [-0.3, -0.25) is 4.79 Å². The highest BCUT2D eigenvalue weighted by molar-refractivity contribution is 6.04. The maximum atomic E-state index is 12.3. The fourth-order valence-corrected chi connectivity index (χ4v) is 2.29. The third-order valence-electron chi connectivity index (χ3n) is 3.64. The minimum absolute atomic E-state index is 0.260. The van der Waals surface area contributed by atoms with Crippen LogP contribution in [-0.2, 0) is 0 Å². The standard InChI is InChI=1S/C20H16N4O2/c1-26-18-4-2-3-15(11-18)20(25)24-19-10-9-17(13-22-19)23-16-7-5-14(12-21)6-8-16/h2-11,13,23H,1H3,(H,22,24,25). The molecule has 0 aliphatic carbocycles. The summed E-state index contributed by atoms with van der Waals surface area (Å²) in [7, 11) is 1.55. The van der Waals surface area contributed by atoms with E-state index in [1.165, 1.54) is 0 Å². The molecule has 1 aromatic heterocycles. The first-order valence-electron chi connectivity index (χ1n) is 7.86. The maximum Gasteiger partial charge on any atom is 0.256 e. The fourth-order valence-electron chi connectivity index (χ4n) is 2.29. The summed E-state index contributed by atoms with van der Waals surface area (Å²) in [6.07, 6.45) is 1.62. The van der Waals surface area contributed by atoms with E-state index in [9.17, 15) is 4.79 Å². The van der Waals surface area contributed by atoms with Crippen LogP contribution in [0.4, 0.5) is 17.2 Å². The van der Waals surface area contributed by atoms with Gasteiger partial charge in [-0.2, -0.15) is 5.26 Å². The predicted octanol–water partition coefficient (Wildman–Crippen LogP) is 3.96. The summed E-state index contributed by atoms with van der Waals surface area (Å²) in [5, 5.41) is 14.7. The van der Waals surface area contributed by atoms with Gasteiger partial charge in [-0.05, 0) is 54.6 Å². The normalized spacial score (nSPS) is 9.85. The predicted molar refractivity (Wildman–Crippen MR) is 99.6 cm³/mol. The lowest BCUT2D eigenvalue weighted by atomic mass is 10.2. The molecule has 0 atom stereocenters. The molecule has 2 aromatic carbocycles. The van der Waals surface area contributed by atoms with Crippen LogP contribution in [0.25, 0.3) is 0 Å². The number of ether oxygens (including phenoxy) is 1. The molecule has 2 N–H and O–H groups in total. The van der Waals surface area contributed by atoms with E-state index in [0.717, 1.165) is 11.4 Å². The quantitative estimate of drug-likeness (QED) is 0.731. The van der Waals surface area contributed by atoms with E-state index in [1.54, 1.807) is 55.8 Å². The van der Waals surface area contributed by atoms with Crippen molar-refractivity contribution in [2.45, 2.75) is 0 Å². The average Bonchev–Trinajstić information content (AvgIpc) is 2.70. The van der Waals surface area contributed by atoms with Gasteiger partial charge in [0.15, 0.2) is 0 Å². The molecule has 0 aliphatic heterocycles. The van der Waals surface area contributed by atoms with E-state index in [4.69, 9.17) is 10.00 Å². The molecule has 0 unspecified atom stereocenters.